The van der Waals surface area contributed by atoms with Gasteiger partial charge in [-0.05, 0) is 161 Å². The Morgan fingerprint density at radius 2 is 1.33 bits per heavy atom. The molecule has 1 unspecified atom stereocenters. The van der Waals surface area contributed by atoms with E-state index in [1.807, 2.05) is 16.7 Å². The number of amides is 2. The Balaban J connectivity index is 0.000000162. The van der Waals surface area contributed by atoms with Gasteiger partial charge in [0, 0.05) is 128 Å². The first kappa shape index (κ1) is 61.5. The van der Waals surface area contributed by atoms with Crippen LogP contribution in [0.25, 0.3) is 21.1 Å². The van der Waals surface area contributed by atoms with Crippen LogP contribution in [0.1, 0.15) is 143 Å². The number of rotatable bonds is 20. The van der Waals surface area contributed by atoms with Gasteiger partial charge in [0.25, 0.3) is 5.91 Å². The molecule has 0 radical (unpaired) electrons. The van der Waals surface area contributed by atoms with E-state index >= 15 is 0 Å². The second-order valence-electron chi connectivity index (χ2n) is 25.1. The summed E-state index contributed by atoms with van der Waals surface area (Å²) in [6, 6.07) is 12.9. The number of methoxy groups -OCH3 is 1. The third-order valence-electron chi connectivity index (χ3n) is 17.9. The normalized spacial score (nSPS) is 19.9. The molecule has 2 amide bonds. The maximum Gasteiger partial charge on any atom is 0.420 e. The predicted octanol–water partition coefficient (Wildman–Crippen LogP) is 14.4. The number of thiophene rings is 2. The topological polar surface area (TPSA) is 141 Å². The Bertz CT molecular complexity index is 3600. The van der Waals surface area contributed by atoms with Gasteiger partial charge in [0.2, 0.25) is 18.3 Å². The van der Waals surface area contributed by atoms with Crippen molar-refractivity contribution >= 4 is 81.8 Å². The summed E-state index contributed by atoms with van der Waals surface area (Å²) in [6.45, 7) is 13.6. The molecular formula is C64H72F6N10O4S4. The summed E-state index contributed by atoms with van der Waals surface area (Å²) in [5, 5.41) is 6.63. The molecule has 468 valence electrons. The minimum Gasteiger partial charge on any atom is -0.377 e. The second kappa shape index (κ2) is 25.0. The minimum absolute atomic E-state index is 0.0859. The molecular weight excluding hydrogens is 1220 g/mol. The fraction of sp³-hybridized carbons (Fsp3) is 0.531. The summed E-state index contributed by atoms with van der Waals surface area (Å²) < 4.78 is 96.5. The van der Waals surface area contributed by atoms with Gasteiger partial charge in [-0.25, -0.2) is 19.9 Å². The highest BCUT2D eigenvalue weighted by Gasteiger charge is 2.41. The predicted molar refractivity (Wildman–Crippen MR) is 334 cm³/mol. The van der Waals surface area contributed by atoms with E-state index in [-0.39, 0.29) is 40.8 Å². The van der Waals surface area contributed by atoms with E-state index in [1.165, 1.54) is 50.9 Å². The number of carbonyl (C=O) groups is 2. The molecule has 4 aromatic heterocycles. The van der Waals surface area contributed by atoms with E-state index in [0.29, 0.717) is 57.5 Å². The van der Waals surface area contributed by atoms with Crippen LogP contribution in [0.5, 0.6) is 0 Å². The van der Waals surface area contributed by atoms with Crippen LogP contribution in [0.3, 0.4) is 0 Å². The molecule has 1 atom stereocenters. The van der Waals surface area contributed by atoms with E-state index in [2.05, 4.69) is 78.5 Å². The van der Waals surface area contributed by atoms with Crippen LogP contribution in [0.15, 0.2) is 58.6 Å². The summed E-state index contributed by atoms with van der Waals surface area (Å²) >= 11 is 5.50. The van der Waals surface area contributed by atoms with Gasteiger partial charge < -0.3 is 29.9 Å². The molecule has 8 heterocycles. The molecule has 88 heavy (non-hydrogen) atoms. The molecule has 5 fully saturated rings. The van der Waals surface area contributed by atoms with Gasteiger partial charge in [0.15, 0.2) is 0 Å². The number of aryl methyl sites for hydroxylation is 1. The lowest BCUT2D eigenvalue weighted by Crippen LogP contribution is -2.42. The van der Waals surface area contributed by atoms with Crippen molar-refractivity contribution in [3.05, 3.63) is 103 Å². The number of nitrogens with one attached hydrogen (secondary N) is 2. The van der Waals surface area contributed by atoms with Crippen LogP contribution in [0.2, 0.25) is 0 Å². The number of benzene rings is 2. The lowest BCUT2D eigenvalue weighted by molar-refractivity contribution is -0.138. The molecule has 2 aromatic carbocycles. The molecule has 1 saturated heterocycles. The monoisotopic (exact) mass is 1290 g/mol. The first-order chi connectivity index (χ1) is 42.2. The second-order valence-corrected chi connectivity index (χ2v) is 29.7. The Hall–Kier alpha value is -5.34. The van der Waals surface area contributed by atoms with Crippen LogP contribution in [-0.4, -0.2) is 140 Å². The van der Waals surface area contributed by atoms with Crippen molar-refractivity contribution in [1.29, 1.82) is 0 Å². The molecule has 6 aromatic rings. The summed E-state index contributed by atoms with van der Waals surface area (Å²) in [7, 11) is 1.74. The highest BCUT2D eigenvalue weighted by molar-refractivity contribution is 7.99. The maximum absolute atomic E-state index is 14.2. The molecule has 14 nitrogen and oxygen atoms in total. The highest BCUT2D eigenvalue weighted by Crippen LogP contribution is 2.50. The number of ether oxygens (including phenoxy) is 2. The van der Waals surface area contributed by atoms with Gasteiger partial charge in [0.1, 0.15) is 16.0 Å². The van der Waals surface area contributed by atoms with Crippen LogP contribution >= 0.6 is 46.2 Å². The number of hydrogen-bond acceptors (Lipinski definition) is 16. The van der Waals surface area contributed by atoms with Crippen molar-refractivity contribution in [2.75, 3.05) is 75.1 Å². The van der Waals surface area contributed by atoms with Gasteiger partial charge in [-0.1, -0.05) is 12.1 Å². The molecule has 4 saturated carbocycles. The first-order valence-electron chi connectivity index (χ1n) is 30.6. The standard InChI is InChI=1S/2C32H36F3N5O2S2/c1-31(2,42-3)17-39-9-8-19-13-24(22(18-4-5-18)12-20(19)16-39)37-30-36-15-23(32(33,34)35)27(38-30)25-14-26-28(44-25)29(41)40(10-11-43-26)21-6-7-21;1-19-28(43-11-9-40(18-41)23-4-5-23)14-29(44-19)30-26(32(33,34)35)15-36-31(38-30)37-27-13-21-6-8-39(17-24-7-10-42-24)16-22(21)12-25(27)20-2-3-20/h12-15,18,21H,4-11,16-17H2,1-3H3,(H,36,37,38);12-15,18,20,23-24H,2-11,16-17H2,1H3,(H,36,37,38). The van der Waals surface area contributed by atoms with Crippen LogP contribution in [0.4, 0.5) is 49.6 Å². The fourth-order valence-electron chi connectivity index (χ4n) is 12.3. The highest BCUT2D eigenvalue weighted by atomic mass is 32.2. The number of halogens is 6. The van der Waals surface area contributed by atoms with E-state index in [4.69, 9.17) is 9.47 Å². The van der Waals surface area contributed by atoms with Crippen LogP contribution in [0, 0.1) is 6.92 Å². The zero-order valence-electron chi connectivity index (χ0n) is 49.8. The van der Waals surface area contributed by atoms with Crippen molar-refractivity contribution < 1.29 is 45.4 Å². The number of fused-ring (bicyclic) bond motifs is 3. The van der Waals surface area contributed by atoms with Crippen molar-refractivity contribution in [1.82, 2.24) is 39.5 Å². The van der Waals surface area contributed by atoms with E-state index in [0.717, 1.165) is 184 Å². The number of carbonyl (C=O) groups excluding carboxylic acids is 2. The van der Waals surface area contributed by atoms with Crippen molar-refractivity contribution in [2.24, 2.45) is 0 Å². The maximum atomic E-state index is 14.2. The number of thioether (sulfide) groups is 2. The zero-order valence-corrected chi connectivity index (χ0v) is 53.0. The fourth-order valence-corrected chi connectivity index (χ4v) is 16.8. The van der Waals surface area contributed by atoms with E-state index in [1.54, 1.807) is 31.0 Å². The molecule has 2 N–H and O–H groups in total. The number of alkyl halides is 6. The van der Waals surface area contributed by atoms with Gasteiger partial charge in [-0.2, -0.15) is 26.3 Å². The van der Waals surface area contributed by atoms with Crippen molar-refractivity contribution in [3.63, 3.8) is 0 Å². The lowest BCUT2D eigenvalue weighted by Gasteiger charge is -2.35. The number of hydrogen-bond donors (Lipinski definition) is 2. The van der Waals surface area contributed by atoms with Gasteiger partial charge >= 0.3 is 12.4 Å². The lowest BCUT2D eigenvalue weighted by atomic mass is 9.93. The van der Waals surface area contributed by atoms with Gasteiger partial charge in [-0.15, -0.1) is 46.2 Å². The SMILES string of the molecule is COC(C)(C)CN1CCc2cc(Nc3ncc(C(F)(F)F)c(-c4cc5c(s4)C(=O)N(C4CC4)CCS5)n3)c(C3CC3)cc2C1.Cc1sc(-c2nc(Nc3cc4c(cc3C3CC3)CN(CC3CCO3)CC4)ncc2C(F)(F)F)cc1SCCN(C=O)C1CC1. The van der Waals surface area contributed by atoms with E-state index < -0.39 is 23.5 Å². The van der Waals surface area contributed by atoms with Crippen molar-refractivity contribution in [3.8, 4) is 21.1 Å². The molecule has 24 heteroatoms. The van der Waals surface area contributed by atoms with Gasteiger partial charge in [-0.3, -0.25) is 19.4 Å². The summed E-state index contributed by atoms with van der Waals surface area (Å²) in [4.78, 5) is 54.4. The summed E-state index contributed by atoms with van der Waals surface area (Å²) in [5.41, 5.74) is 6.92. The number of nitrogens with zero attached hydrogens (tertiary/aromatic N) is 8. The Morgan fingerprint density at radius 1 is 0.750 bits per heavy atom. The molecule has 4 aliphatic carbocycles. The number of aromatic nitrogens is 4. The molecule has 8 aliphatic rings. The molecule has 0 spiro atoms. The average molecular weight is 1290 g/mol. The molecule has 4 aliphatic heterocycles. The molecule has 0 bridgehead atoms. The zero-order chi connectivity index (χ0) is 61.2. The quantitative estimate of drug-likeness (QED) is 0.0425. The Labute approximate surface area is 525 Å². The Kier molecular flexibility index (Phi) is 17.5. The largest absolute Gasteiger partial charge is 0.420 e. The average Bonchev–Trinajstić information content (AvgIpc) is 2.48. The summed E-state index contributed by atoms with van der Waals surface area (Å²) in [6.07, 6.45) is 5.11. The Morgan fingerprint density at radius 3 is 1.85 bits per heavy atom. The smallest absolute Gasteiger partial charge is 0.377 e. The van der Waals surface area contributed by atoms with Gasteiger partial charge in [0.05, 0.1) is 32.8 Å². The molecule has 14 rings (SSSR count). The van der Waals surface area contributed by atoms with Crippen LogP contribution < -0.4 is 10.6 Å². The summed E-state index contributed by atoms with van der Waals surface area (Å²) in [5.74, 6) is 2.46. The third-order valence-corrected chi connectivity index (χ3v) is 22.5. The first-order valence-corrected chi connectivity index (χ1v) is 34.2. The number of anilines is 4. The van der Waals surface area contributed by atoms with E-state index in [9.17, 15) is 35.9 Å². The van der Waals surface area contributed by atoms with Crippen molar-refractivity contribution in [2.45, 2.75) is 162 Å². The third kappa shape index (κ3) is 14.1. The minimum atomic E-state index is -4.64. The van der Waals surface area contributed by atoms with Crippen LogP contribution in [-0.2, 0) is 52.6 Å².